The monoisotopic (exact) mass is 220 g/mol. The normalized spacial score (nSPS) is 13.2. The minimum atomic E-state index is -0.158. The van der Waals surface area contributed by atoms with E-state index in [1.807, 2.05) is 16.9 Å². The number of H-pyrrole nitrogens is 1. The van der Waals surface area contributed by atoms with Gasteiger partial charge in [-0.3, -0.25) is 4.68 Å². The second-order valence-electron chi connectivity index (χ2n) is 4.09. The maximum absolute atomic E-state index is 5.99. The second kappa shape index (κ2) is 4.44. The molecule has 6 heteroatoms. The highest BCUT2D eigenvalue weighted by Crippen LogP contribution is 2.12. The first-order valence-electron chi connectivity index (χ1n) is 5.32. The minimum absolute atomic E-state index is 0.158. The Hall–Kier alpha value is -1.69. The predicted molar refractivity (Wildman–Crippen MR) is 59.6 cm³/mol. The van der Waals surface area contributed by atoms with Crippen molar-refractivity contribution >= 4 is 0 Å². The lowest BCUT2D eigenvalue weighted by Crippen LogP contribution is -2.14. The standard InChI is InChI=1S/C10H16N6/c1-7(2)16-4-3-8(14-16)5-9(11)10-6-12-15-13-10/h3-4,6-7,9H,5,11H2,1-2H3,(H,12,13,15). The number of aromatic nitrogens is 5. The molecule has 0 aliphatic rings. The molecule has 0 saturated carbocycles. The molecule has 2 aromatic rings. The van der Waals surface area contributed by atoms with Gasteiger partial charge in [-0.15, -0.1) is 0 Å². The van der Waals surface area contributed by atoms with Gasteiger partial charge in [0.1, 0.15) is 0 Å². The Kier molecular flexibility index (Phi) is 3.00. The highest BCUT2D eigenvalue weighted by Gasteiger charge is 2.12. The summed E-state index contributed by atoms with van der Waals surface area (Å²) in [6.07, 6.45) is 4.28. The van der Waals surface area contributed by atoms with Crippen LogP contribution in [0, 0.1) is 0 Å². The van der Waals surface area contributed by atoms with Gasteiger partial charge in [0.2, 0.25) is 0 Å². The summed E-state index contributed by atoms with van der Waals surface area (Å²) in [5.74, 6) is 0. The Morgan fingerprint density at radius 3 is 2.88 bits per heavy atom. The number of hydrogen-bond donors (Lipinski definition) is 2. The summed E-state index contributed by atoms with van der Waals surface area (Å²) in [6.45, 7) is 4.18. The summed E-state index contributed by atoms with van der Waals surface area (Å²) in [4.78, 5) is 0. The van der Waals surface area contributed by atoms with E-state index in [-0.39, 0.29) is 6.04 Å². The lowest BCUT2D eigenvalue weighted by atomic mass is 10.1. The van der Waals surface area contributed by atoms with Crippen molar-refractivity contribution in [2.75, 3.05) is 0 Å². The molecule has 0 radical (unpaired) electrons. The Balaban J connectivity index is 2.03. The van der Waals surface area contributed by atoms with Gasteiger partial charge in [0.15, 0.2) is 0 Å². The van der Waals surface area contributed by atoms with E-state index < -0.39 is 0 Å². The minimum Gasteiger partial charge on any atom is -0.322 e. The van der Waals surface area contributed by atoms with Crippen LogP contribution in [0.15, 0.2) is 18.5 Å². The number of aromatic amines is 1. The first kappa shape index (κ1) is 10.8. The van der Waals surface area contributed by atoms with Crippen LogP contribution in [-0.2, 0) is 6.42 Å². The topological polar surface area (TPSA) is 85.4 Å². The summed E-state index contributed by atoms with van der Waals surface area (Å²) in [5.41, 5.74) is 7.72. The van der Waals surface area contributed by atoms with Gasteiger partial charge < -0.3 is 5.73 Å². The van der Waals surface area contributed by atoms with Crippen LogP contribution in [-0.4, -0.2) is 25.2 Å². The summed E-state index contributed by atoms with van der Waals surface area (Å²) >= 11 is 0. The summed E-state index contributed by atoms with van der Waals surface area (Å²) < 4.78 is 1.92. The maximum atomic E-state index is 5.99. The van der Waals surface area contributed by atoms with E-state index in [4.69, 9.17) is 5.73 Å². The average Bonchev–Trinajstić information content (AvgIpc) is 2.87. The predicted octanol–water partition coefficient (Wildman–Crippen LogP) is 0.825. The fraction of sp³-hybridized carbons (Fsp3) is 0.500. The third-order valence-electron chi connectivity index (χ3n) is 2.44. The van der Waals surface area contributed by atoms with Crippen LogP contribution in [0.5, 0.6) is 0 Å². The zero-order valence-electron chi connectivity index (χ0n) is 9.46. The maximum Gasteiger partial charge on any atom is 0.0995 e. The molecule has 0 amide bonds. The van der Waals surface area contributed by atoms with Gasteiger partial charge in [0.05, 0.1) is 23.6 Å². The van der Waals surface area contributed by atoms with Crippen LogP contribution in [0.25, 0.3) is 0 Å². The largest absolute Gasteiger partial charge is 0.322 e. The Morgan fingerprint density at radius 2 is 2.31 bits per heavy atom. The van der Waals surface area contributed by atoms with Crippen molar-refractivity contribution < 1.29 is 0 Å². The molecular formula is C10H16N6. The van der Waals surface area contributed by atoms with E-state index in [2.05, 4.69) is 34.4 Å². The molecule has 0 aliphatic heterocycles. The molecule has 0 bridgehead atoms. The molecule has 1 atom stereocenters. The number of hydrogen-bond acceptors (Lipinski definition) is 4. The highest BCUT2D eigenvalue weighted by molar-refractivity contribution is 5.07. The molecule has 2 aromatic heterocycles. The average molecular weight is 220 g/mol. The van der Waals surface area contributed by atoms with Crippen molar-refractivity contribution in [2.45, 2.75) is 32.4 Å². The van der Waals surface area contributed by atoms with E-state index >= 15 is 0 Å². The molecule has 2 heterocycles. The third-order valence-corrected chi connectivity index (χ3v) is 2.44. The second-order valence-corrected chi connectivity index (χ2v) is 4.09. The molecule has 0 spiro atoms. The van der Waals surface area contributed by atoms with Crippen LogP contribution in [0.4, 0.5) is 0 Å². The van der Waals surface area contributed by atoms with E-state index in [1.54, 1.807) is 6.20 Å². The Labute approximate surface area is 93.8 Å². The SMILES string of the molecule is CC(C)n1ccc(CC(N)c2cn[nH]n2)n1. The van der Waals surface area contributed by atoms with Crippen LogP contribution < -0.4 is 5.73 Å². The van der Waals surface area contributed by atoms with E-state index in [0.29, 0.717) is 12.5 Å². The van der Waals surface area contributed by atoms with Crippen LogP contribution in [0.3, 0.4) is 0 Å². The molecule has 0 saturated heterocycles. The highest BCUT2D eigenvalue weighted by atomic mass is 15.3. The molecule has 0 aliphatic carbocycles. The molecule has 86 valence electrons. The van der Waals surface area contributed by atoms with Crippen molar-refractivity contribution in [3.05, 3.63) is 29.8 Å². The van der Waals surface area contributed by atoms with Gasteiger partial charge >= 0.3 is 0 Å². The lowest BCUT2D eigenvalue weighted by molar-refractivity contribution is 0.522. The number of nitrogens with one attached hydrogen (secondary N) is 1. The van der Waals surface area contributed by atoms with Crippen LogP contribution >= 0.6 is 0 Å². The van der Waals surface area contributed by atoms with Crippen molar-refractivity contribution in [2.24, 2.45) is 5.73 Å². The smallest absolute Gasteiger partial charge is 0.0995 e. The summed E-state index contributed by atoms with van der Waals surface area (Å²) in [6, 6.07) is 2.20. The molecule has 6 nitrogen and oxygen atoms in total. The lowest BCUT2D eigenvalue weighted by Gasteiger charge is -2.06. The van der Waals surface area contributed by atoms with Gasteiger partial charge in [-0.05, 0) is 19.9 Å². The first-order valence-corrected chi connectivity index (χ1v) is 5.32. The van der Waals surface area contributed by atoms with E-state index in [1.165, 1.54) is 0 Å². The number of rotatable bonds is 4. The third kappa shape index (κ3) is 2.27. The van der Waals surface area contributed by atoms with Gasteiger partial charge in [-0.25, -0.2) is 0 Å². The van der Waals surface area contributed by atoms with Crippen LogP contribution in [0.1, 0.15) is 37.3 Å². The van der Waals surface area contributed by atoms with Crippen molar-refractivity contribution in [3.63, 3.8) is 0 Å². The van der Waals surface area contributed by atoms with Gasteiger partial charge in [-0.2, -0.15) is 20.5 Å². The summed E-state index contributed by atoms with van der Waals surface area (Å²) in [7, 11) is 0. The van der Waals surface area contributed by atoms with E-state index in [9.17, 15) is 0 Å². The molecule has 2 rings (SSSR count). The molecular weight excluding hydrogens is 204 g/mol. The van der Waals surface area contributed by atoms with Gasteiger partial charge in [0, 0.05) is 18.7 Å². The van der Waals surface area contributed by atoms with Gasteiger partial charge in [0.25, 0.3) is 0 Å². The van der Waals surface area contributed by atoms with Crippen molar-refractivity contribution in [1.29, 1.82) is 0 Å². The molecule has 16 heavy (non-hydrogen) atoms. The zero-order chi connectivity index (χ0) is 11.5. The summed E-state index contributed by atoms with van der Waals surface area (Å²) in [5, 5.41) is 14.7. The van der Waals surface area contributed by atoms with Crippen LogP contribution in [0.2, 0.25) is 0 Å². The van der Waals surface area contributed by atoms with Crippen molar-refractivity contribution in [3.8, 4) is 0 Å². The first-order chi connectivity index (χ1) is 7.66. The molecule has 1 unspecified atom stereocenters. The number of nitrogens with two attached hydrogens (primary N) is 1. The number of nitrogens with zero attached hydrogens (tertiary/aromatic N) is 4. The Morgan fingerprint density at radius 1 is 1.50 bits per heavy atom. The molecule has 0 aromatic carbocycles. The van der Waals surface area contributed by atoms with E-state index in [0.717, 1.165) is 11.4 Å². The molecule has 3 N–H and O–H groups in total. The van der Waals surface area contributed by atoms with Crippen molar-refractivity contribution in [1.82, 2.24) is 25.2 Å². The fourth-order valence-corrected chi connectivity index (χ4v) is 1.49. The molecule has 0 fully saturated rings. The van der Waals surface area contributed by atoms with Gasteiger partial charge in [-0.1, -0.05) is 0 Å². The Bertz CT molecular complexity index is 430. The zero-order valence-corrected chi connectivity index (χ0v) is 9.46. The quantitative estimate of drug-likeness (QED) is 0.799. The fourth-order valence-electron chi connectivity index (χ4n) is 1.49.